The number of aromatic nitrogens is 2. The van der Waals surface area contributed by atoms with Crippen molar-refractivity contribution in [1.29, 1.82) is 0 Å². The number of amides is 2. The van der Waals surface area contributed by atoms with E-state index in [0.29, 0.717) is 31.1 Å². The van der Waals surface area contributed by atoms with Crippen LogP contribution in [0.2, 0.25) is 0 Å². The summed E-state index contributed by atoms with van der Waals surface area (Å²) in [6.45, 7) is 0.241. The Balaban J connectivity index is 2.00. The van der Waals surface area contributed by atoms with Gasteiger partial charge in [-0.05, 0) is 31.4 Å². The van der Waals surface area contributed by atoms with Gasteiger partial charge in [0.2, 0.25) is 17.7 Å². The molecule has 0 spiro atoms. The number of hydrogen-bond acceptors (Lipinski definition) is 7. The summed E-state index contributed by atoms with van der Waals surface area (Å²) in [7, 11) is 0. The summed E-state index contributed by atoms with van der Waals surface area (Å²) in [6.07, 6.45) is 2.77. The second kappa shape index (κ2) is 11.0. The van der Waals surface area contributed by atoms with Crippen molar-refractivity contribution in [1.82, 2.24) is 20.8 Å². The lowest BCUT2D eigenvalue weighted by molar-refractivity contribution is -0.125. The number of unbranched alkanes of at least 4 members (excludes halogenated alkanes) is 1. The molecule has 2 amide bonds. The van der Waals surface area contributed by atoms with Crippen LogP contribution in [-0.2, 0) is 16.0 Å². The molecule has 1 aromatic heterocycles. The summed E-state index contributed by atoms with van der Waals surface area (Å²) >= 11 is 0. The molecule has 0 saturated carbocycles. The van der Waals surface area contributed by atoms with Crippen LogP contribution in [0.5, 0.6) is 0 Å². The molecule has 2 rings (SSSR count). The van der Waals surface area contributed by atoms with Crippen molar-refractivity contribution in [2.45, 2.75) is 31.7 Å². The van der Waals surface area contributed by atoms with Gasteiger partial charge in [-0.3, -0.25) is 9.59 Å². The number of carbonyl (C=O) groups is 2. The fourth-order valence-corrected chi connectivity index (χ4v) is 2.51. The highest BCUT2D eigenvalue weighted by Crippen LogP contribution is 2.18. The maximum absolute atomic E-state index is 12.1. The first-order chi connectivity index (χ1) is 13.1. The van der Waals surface area contributed by atoms with E-state index in [1.165, 1.54) is 0 Å². The molecule has 0 unspecified atom stereocenters. The van der Waals surface area contributed by atoms with E-state index in [-0.39, 0.29) is 19.0 Å². The lowest BCUT2D eigenvalue weighted by Crippen LogP contribution is -2.40. The summed E-state index contributed by atoms with van der Waals surface area (Å²) in [5.41, 5.74) is 11.8. The molecule has 9 heteroatoms. The van der Waals surface area contributed by atoms with E-state index in [4.69, 9.17) is 16.0 Å². The molecule has 1 atom stereocenters. The Kier molecular flexibility index (Phi) is 8.40. The van der Waals surface area contributed by atoms with Crippen molar-refractivity contribution in [2.24, 2.45) is 11.5 Å². The average Bonchev–Trinajstić information content (AvgIpc) is 3.14. The number of nitrogens with one attached hydrogen (secondary N) is 2. The first-order valence-electron chi connectivity index (χ1n) is 8.95. The first kappa shape index (κ1) is 20.5. The van der Waals surface area contributed by atoms with Crippen LogP contribution in [0.25, 0.3) is 0 Å². The second-order valence-electron chi connectivity index (χ2n) is 6.10. The van der Waals surface area contributed by atoms with Crippen LogP contribution < -0.4 is 22.1 Å². The van der Waals surface area contributed by atoms with Gasteiger partial charge in [0.05, 0.1) is 13.1 Å². The van der Waals surface area contributed by atoms with Crippen LogP contribution in [0.4, 0.5) is 0 Å². The van der Waals surface area contributed by atoms with Gasteiger partial charge in [0, 0.05) is 6.42 Å². The Morgan fingerprint density at radius 1 is 1.11 bits per heavy atom. The molecule has 0 aliphatic rings. The summed E-state index contributed by atoms with van der Waals surface area (Å²) in [5.74, 6) is 0.146. The maximum atomic E-state index is 12.1. The maximum Gasteiger partial charge on any atom is 0.249 e. The van der Waals surface area contributed by atoms with Gasteiger partial charge in [-0.15, -0.1) is 0 Å². The molecule has 0 bridgehead atoms. The van der Waals surface area contributed by atoms with Gasteiger partial charge in [0.1, 0.15) is 6.04 Å². The topological polar surface area (TPSA) is 149 Å². The Hall–Kier alpha value is -2.78. The molecule has 6 N–H and O–H groups in total. The molecule has 1 heterocycles. The fourth-order valence-electron chi connectivity index (χ4n) is 2.51. The van der Waals surface area contributed by atoms with Gasteiger partial charge in [-0.2, -0.15) is 4.98 Å². The lowest BCUT2D eigenvalue weighted by atomic mass is 10.1. The van der Waals surface area contributed by atoms with Crippen molar-refractivity contribution in [2.75, 3.05) is 19.6 Å². The van der Waals surface area contributed by atoms with E-state index in [0.717, 1.165) is 18.4 Å². The molecule has 1 aromatic carbocycles. The average molecular weight is 374 g/mol. The van der Waals surface area contributed by atoms with Crippen molar-refractivity contribution in [3.8, 4) is 0 Å². The number of carbonyl (C=O) groups excluding carboxylic acids is 2. The third-order valence-electron chi connectivity index (χ3n) is 3.90. The molecule has 27 heavy (non-hydrogen) atoms. The van der Waals surface area contributed by atoms with Crippen LogP contribution in [-0.4, -0.2) is 41.6 Å². The number of rotatable bonds is 11. The Labute approximate surface area is 157 Å². The highest BCUT2D eigenvalue weighted by molar-refractivity contribution is 5.85. The zero-order chi connectivity index (χ0) is 19.5. The van der Waals surface area contributed by atoms with Crippen LogP contribution in [0.1, 0.15) is 42.6 Å². The van der Waals surface area contributed by atoms with E-state index in [2.05, 4.69) is 20.8 Å². The molecular formula is C18H26N6O3. The summed E-state index contributed by atoms with van der Waals surface area (Å²) < 4.78 is 5.36. The fraction of sp³-hybridized carbons (Fsp3) is 0.444. The lowest BCUT2D eigenvalue weighted by Gasteiger charge is -2.15. The third-order valence-corrected chi connectivity index (χ3v) is 3.90. The predicted octanol–water partition coefficient (Wildman–Crippen LogP) is 0.0216. The van der Waals surface area contributed by atoms with Crippen molar-refractivity contribution in [3.05, 3.63) is 47.6 Å². The van der Waals surface area contributed by atoms with E-state index in [9.17, 15) is 9.59 Å². The normalized spacial score (nSPS) is 11.8. The number of nitrogens with two attached hydrogens (primary N) is 2. The van der Waals surface area contributed by atoms with Crippen LogP contribution in [0.15, 0.2) is 34.9 Å². The zero-order valence-corrected chi connectivity index (χ0v) is 15.2. The van der Waals surface area contributed by atoms with E-state index < -0.39 is 11.9 Å². The van der Waals surface area contributed by atoms with Crippen molar-refractivity contribution in [3.63, 3.8) is 0 Å². The Morgan fingerprint density at radius 3 is 2.59 bits per heavy atom. The monoisotopic (exact) mass is 374 g/mol. The molecule has 146 valence electrons. The second-order valence-corrected chi connectivity index (χ2v) is 6.10. The van der Waals surface area contributed by atoms with E-state index >= 15 is 0 Å². The summed E-state index contributed by atoms with van der Waals surface area (Å²) in [6, 6.07) is 9.37. The minimum absolute atomic E-state index is 0.158. The van der Waals surface area contributed by atoms with Gasteiger partial charge < -0.3 is 26.6 Å². The quantitative estimate of drug-likeness (QED) is 0.405. The van der Waals surface area contributed by atoms with Crippen LogP contribution in [0, 0.1) is 0 Å². The van der Waals surface area contributed by atoms with Gasteiger partial charge >= 0.3 is 0 Å². The molecule has 9 nitrogen and oxygen atoms in total. The van der Waals surface area contributed by atoms with Gasteiger partial charge in [-0.1, -0.05) is 35.5 Å². The van der Waals surface area contributed by atoms with Crippen LogP contribution >= 0.6 is 0 Å². The third kappa shape index (κ3) is 7.16. The zero-order valence-electron chi connectivity index (χ0n) is 15.2. The smallest absolute Gasteiger partial charge is 0.249 e. The molecular weight excluding hydrogens is 348 g/mol. The summed E-state index contributed by atoms with van der Waals surface area (Å²) in [4.78, 5) is 27.7. The minimum atomic E-state index is -0.434. The molecule has 0 saturated heterocycles. The summed E-state index contributed by atoms with van der Waals surface area (Å²) in [5, 5.41) is 9.26. The highest BCUT2D eigenvalue weighted by Gasteiger charge is 2.21. The van der Waals surface area contributed by atoms with Crippen molar-refractivity contribution >= 4 is 11.8 Å². The van der Waals surface area contributed by atoms with Crippen molar-refractivity contribution < 1.29 is 14.1 Å². The standard InChI is InChI=1S/C18H26N6O3/c19-9-5-4-8-14(22-17(26)12-21-16(25)11-20)18-23-15(24-27-18)10-13-6-2-1-3-7-13/h1-3,6-7,14H,4-5,8-12,19-20H2,(H,21,25)(H,22,26)/t14-/m0/s1. The van der Waals surface area contributed by atoms with Gasteiger partial charge in [0.25, 0.3) is 0 Å². The molecule has 2 aromatic rings. The largest absolute Gasteiger partial charge is 0.346 e. The van der Waals surface area contributed by atoms with Crippen LogP contribution in [0.3, 0.4) is 0 Å². The molecule has 0 fully saturated rings. The first-order valence-corrected chi connectivity index (χ1v) is 8.95. The number of hydrogen-bond donors (Lipinski definition) is 4. The van der Waals surface area contributed by atoms with Gasteiger partial charge in [0.15, 0.2) is 5.82 Å². The van der Waals surface area contributed by atoms with Gasteiger partial charge in [-0.25, -0.2) is 0 Å². The molecule has 0 aliphatic carbocycles. The highest BCUT2D eigenvalue weighted by atomic mass is 16.5. The predicted molar refractivity (Wildman–Crippen MR) is 99.4 cm³/mol. The molecule has 0 radical (unpaired) electrons. The van der Waals surface area contributed by atoms with E-state index in [1.807, 2.05) is 30.3 Å². The minimum Gasteiger partial charge on any atom is -0.346 e. The number of nitrogens with zero attached hydrogens (tertiary/aromatic N) is 2. The van der Waals surface area contributed by atoms with E-state index in [1.54, 1.807) is 0 Å². The number of benzene rings is 1. The Morgan fingerprint density at radius 2 is 1.89 bits per heavy atom. The molecule has 0 aliphatic heterocycles. The SMILES string of the molecule is NCCCC[C@H](NC(=O)CNC(=O)CN)c1nc(Cc2ccccc2)no1. The Bertz CT molecular complexity index is 719.